The monoisotopic (exact) mass is 291 g/mol. The van der Waals surface area contributed by atoms with Crippen molar-refractivity contribution in [1.82, 2.24) is 15.0 Å². The van der Waals surface area contributed by atoms with Crippen molar-refractivity contribution in [2.75, 3.05) is 24.2 Å². The average Bonchev–Trinajstić information content (AvgIpc) is 2.47. The maximum absolute atomic E-state index is 12.8. The number of nitrogens with one attached hydrogen (secondary N) is 1. The molecule has 0 radical (unpaired) electrons. The van der Waals surface area contributed by atoms with Crippen molar-refractivity contribution in [2.45, 2.75) is 19.8 Å². The first-order chi connectivity index (χ1) is 10.2. The second-order valence-electron chi connectivity index (χ2n) is 4.45. The summed E-state index contributed by atoms with van der Waals surface area (Å²) < 4.78 is 18.1. The Labute approximate surface area is 122 Å². The van der Waals surface area contributed by atoms with Crippen LogP contribution in [0.5, 0.6) is 6.01 Å². The van der Waals surface area contributed by atoms with E-state index < -0.39 is 0 Å². The standard InChI is InChI=1S/C14H18FN5O/c1-2-9-21-14-19-12(16)18-13(20-14)17-8-7-10-3-5-11(15)6-4-10/h3-6H,2,7-9H2,1H3,(H3,16,17,18,19,20). The molecule has 0 aliphatic rings. The fourth-order valence-electron chi connectivity index (χ4n) is 1.68. The van der Waals surface area contributed by atoms with Crippen LogP contribution in [0.3, 0.4) is 0 Å². The summed E-state index contributed by atoms with van der Waals surface area (Å²) in [7, 11) is 0. The van der Waals surface area contributed by atoms with E-state index in [0.29, 0.717) is 19.1 Å². The van der Waals surface area contributed by atoms with Crippen molar-refractivity contribution in [1.29, 1.82) is 0 Å². The van der Waals surface area contributed by atoms with Crippen LogP contribution in [0.4, 0.5) is 16.3 Å². The van der Waals surface area contributed by atoms with Crippen LogP contribution in [0.2, 0.25) is 0 Å². The number of ether oxygens (including phenoxy) is 1. The predicted molar refractivity (Wildman–Crippen MR) is 78.6 cm³/mol. The van der Waals surface area contributed by atoms with Gasteiger partial charge in [0.15, 0.2) is 0 Å². The highest BCUT2D eigenvalue weighted by molar-refractivity contribution is 5.32. The second kappa shape index (κ2) is 7.37. The molecule has 3 N–H and O–H groups in total. The molecule has 2 rings (SSSR count). The summed E-state index contributed by atoms with van der Waals surface area (Å²) in [6.07, 6.45) is 1.58. The summed E-state index contributed by atoms with van der Waals surface area (Å²) in [6, 6.07) is 6.58. The Balaban J connectivity index is 1.90. The average molecular weight is 291 g/mol. The molecule has 0 amide bonds. The van der Waals surface area contributed by atoms with E-state index in [1.165, 1.54) is 12.1 Å². The molecule has 7 heteroatoms. The number of nitrogens with two attached hydrogens (primary N) is 1. The first kappa shape index (κ1) is 15.0. The molecule has 0 aliphatic heterocycles. The third-order valence-electron chi connectivity index (χ3n) is 2.68. The molecule has 21 heavy (non-hydrogen) atoms. The van der Waals surface area contributed by atoms with Crippen molar-refractivity contribution >= 4 is 11.9 Å². The highest BCUT2D eigenvalue weighted by Crippen LogP contribution is 2.10. The number of halogens is 1. The fourth-order valence-corrected chi connectivity index (χ4v) is 1.68. The molecule has 0 saturated heterocycles. The minimum absolute atomic E-state index is 0.111. The molecular weight excluding hydrogens is 273 g/mol. The van der Waals surface area contributed by atoms with Gasteiger partial charge in [-0.1, -0.05) is 19.1 Å². The zero-order valence-electron chi connectivity index (χ0n) is 11.8. The molecule has 0 spiro atoms. The molecule has 1 aromatic heterocycles. The molecule has 0 atom stereocenters. The van der Waals surface area contributed by atoms with Crippen LogP contribution in [-0.4, -0.2) is 28.1 Å². The Kier molecular flexibility index (Phi) is 5.25. The molecule has 112 valence electrons. The predicted octanol–water partition coefficient (Wildman–Crippen LogP) is 2.04. The summed E-state index contributed by atoms with van der Waals surface area (Å²) in [5, 5.41) is 3.05. The topological polar surface area (TPSA) is 86.0 Å². The van der Waals surface area contributed by atoms with E-state index in [2.05, 4.69) is 20.3 Å². The van der Waals surface area contributed by atoms with Crippen molar-refractivity contribution in [2.24, 2.45) is 0 Å². The van der Waals surface area contributed by atoms with Gasteiger partial charge in [-0.3, -0.25) is 0 Å². The van der Waals surface area contributed by atoms with E-state index >= 15 is 0 Å². The fraction of sp³-hybridized carbons (Fsp3) is 0.357. The van der Waals surface area contributed by atoms with Crippen LogP contribution in [0, 0.1) is 5.82 Å². The Hall–Kier alpha value is -2.44. The Morgan fingerprint density at radius 2 is 1.95 bits per heavy atom. The summed E-state index contributed by atoms with van der Waals surface area (Å²) in [5.41, 5.74) is 6.63. The van der Waals surface area contributed by atoms with Crippen LogP contribution in [-0.2, 0) is 6.42 Å². The summed E-state index contributed by atoms with van der Waals surface area (Å²) in [6.45, 7) is 3.12. The van der Waals surface area contributed by atoms with Gasteiger partial charge in [0.05, 0.1) is 6.61 Å². The van der Waals surface area contributed by atoms with E-state index in [0.717, 1.165) is 18.4 Å². The third kappa shape index (κ3) is 4.87. The minimum atomic E-state index is -0.241. The van der Waals surface area contributed by atoms with E-state index in [4.69, 9.17) is 10.5 Å². The zero-order valence-corrected chi connectivity index (χ0v) is 11.8. The highest BCUT2D eigenvalue weighted by Gasteiger charge is 2.05. The van der Waals surface area contributed by atoms with Gasteiger partial charge in [-0.2, -0.15) is 15.0 Å². The lowest BCUT2D eigenvalue weighted by atomic mass is 10.1. The van der Waals surface area contributed by atoms with Crippen LogP contribution in [0.25, 0.3) is 0 Å². The van der Waals surface area contributed by atoms with Gasteiger partial charge < -0.3 is 15.8 Å². The van der Waals surface area contributed by atoms with Crippen molar-refractivity contribution in [3.05, 3.63) is 35.6 Å². The maximum atomic E-state index is 12.8. The Morgan fingerprint density at radius 1 is 1.19 bits per heavy atom. The van der Waals surface area contributed by atoms with Gasteiger partial charge >= 0.3 is 6.01 Å². The van der Waals surface area contributed by atoms with Gasteiger partial charge in [-0.15, -0.1) is 0 Å². The lowest BCUT2D eigenvalue weighted by Gasteiger charge is -2.07. The molecule has 2 aromatic rings. The van der Waals surface area contributed by atoms with Crippen molar-refractivity contribution in [3.8, 4) is 6.01 Å². The van der Waals surface area contributed by atoms with E-state index in [1.54, 1.807) is 12.1 Å². The smallest absolute Gasteiger partial charge is 0.323 e. The Bertz CT molecular complexity index is 576. The number of rotatable bonds is 7. The van der Waals surface area contributed by atoms with Crippen molar-refractivity contribution in [3.63, 3.8) is 0 Å². The molecule has 1 heterocycles. The number of hydrogen-bond acceptors (Lipinski definition) is 6. The number of benzene rings is 1. The largest absolute Gasteiger partial charge is 0.463 e. The van der Waals surface area contributed by atoms with Gasteiger partial charge in [-0.05, 0) is 30.5 Å². The number of anilines is 2. The molecule has 0 unspecified atom stereocenters. The van der Waals surface area contributed by atoms with Crippen LogP contribution >= 0.6 is 0 Å². The highest BCUT2D eigenvalue weighted by atomic mass is 19.1. The molecule has 0 bridgehead atoms. The normalized spacial score (nSPS) is 10.4. The van der Waals surface area contributed by atoms with E-state index in [1.807, 2.05) is 6.92 Å². The number of aromatic nitrogens is 3. The third-order valence-corrected chi connectivity index (χ3v) is 2.68. The van der Waals surface area contributed by atoms with Crippen LogP contribution < -0.4 is 15.8 Å². The SMILES string of the molecule is CCCOc1nc(N)nc(NCCc2ccc(F)cc2)n1. The summed E-state index contributed by atoms with van der Waals surface area (Å²) in [5.74, 6) is 0.241. The maximum Gasteiger partial charge on any atom is 0.323 e. The van der Waals surface area contributed by atoms with E-state index in [-0.39, 0.29) is 17.8 Å². The summed E-state index contributed by atoms with van der Waals surface area (Å²) in [4.78, 5) is 12.0. The first-order valence-corrected chi connectivity index (χ1v) is 6.80. The minimum Gasteiger partial charge on any atom is -0.463 e. The molecular formula is C14H18FN5O. The Morgan fingerprint density at radius 3 is 2.67 bits per heavy atom. The molecule has 1 aromatic carbocycles. The lowest BCUT2D eigenvalue weighted by molar-refractivity contribution is 0.292. The van der Waals surface area contributed by atoms with Gasteiger partial charge in [0, 0.05) is 6.54 Å². The van der Waals surface area contributed by atoms with Crippen molar-refractivity contribution < 1.29 is 9.13 Å². The number of nitrogen functional groups attached to an aromatic ring is 1. The molecule has 0 fully saturated rings. The lowest BCUT2D eigenvalue weighted by Crippen LogP contribution is -2.11. The molecule has 6 nitrogen and oxygen atoms in total. The van der Waals surface area contributed by atoms with E-state index in [9.17, 15) is 4.39 Å². The molecule has 0 aliphatic carbocycles. The van der Waals surface area contributed by atoms with Gasteiger partial charge in [-0.25, -0.2) is 4.39 Å². The quantitative estimate of drug-likeness (QED) is 0.812. The second-order valence-corrected chi connectivity index (χ2v) is 4.45. The van der Waals surface area contributed by atoms with Gasteiger partial charge in [0.1, 0.15) is 5.82 Å². The van der Waals surface area contributed by atoms with Crippen LogP contribution in [0.1, 0.15) is 18.9 Å². The van der Waals surface area contributed by atoms with Crippen LogP contribution in [0.15, 0.2) is 24.3 Å². The van der Waals surface area contributed by atoms with Gasteiger partial charge in [0.2, 0.25) is 11.9 Å². The number of nitrogens with zero attached hydrogens (tertiary/aromatic N) is 3. The molecule has 0 saturated carbocycles. The first-order valence-electron chi connectivity index (χ1n) is 6.80. The summed E-state index contributed by atoms with van der Waals surface area (Å²) >= 11 is 0. The number of hydrogen-bond donors (Lipinski definition) is 2. The van der Waals surface area contributed by atoms with Gasteiger partial charge in [0.25, 0.3) is 0 Å². The zero-order chi connectivity index (χ0) is 15.1.